The van der Waals surface area contributed by atoms with Crippen LogP contribution in [-0.2, 0) is 21.5 Å². The fourth-order valence-electron chi connectivity index (χ4n) is 6.38. The van der Waals surface area contributed by atoms with Crippen LogP contribution in [0.5, 0.6) is 0 Å². The van der Waals surface area contributed by atoms with Gasteiger partial charge in [0.15, 0.2) is 23.9 Å². The van der Waals surface area contributed by atoms with Crippen LogP contribution in [0.25, 0.3) is 22.1 Å². The van der Waals surface area contributed by atoms with Crippen LogP contribution in [0.1, 0.15) is 63.2 Å². The van der Waals surface area contributed by atoms with Crippen LogP contribution < -0.4 is 5.73 Å². The lowest BCUT2D eigenvalue weighted by Gasteiger charge is -2.29. The van der Waals surface area contributed by atoms with Crippen molar-refractivity contribution in [3.05, 3.63) is 54.6 Å². The number of likely N-dealkylation sites (tertiary alicyclic amines) is 1. The molecule has 0 radical (unpaired) electrons. The zero-order valence-corrected chi connectivity index (χ0v) is 24.4. The monoisotopic (exact) mass is 588 g/mol. The predicted octanol–water partition coefficient (Wildman–Crippen LogP) is 4.54. The lowest BCUT2D eigenvalue weighted by molar-refractivity contribution is 0.117. The third kappa shape index (κ3) is 5.58. The Morgan fingerprint density at radius 2 is 1.86 bits per heavy atom. The summed E-state index contributed by atoms with van der Waals surface area (Å²) in [5.74, 6) is 1.51. The first kappa shape index (κ1) is 28.2. The molecule has 1 aliphatic heterocycles. The molecular weight excluding hydrogens is 552 g/mol. The van der Waals surface area contributed by atoms with E-state index in [1.54, 1.807) is 48.8 Å². The number of piperidine rings is 1. The van der Waals surface area contributed by atoms with Crippen LogP contribution in [0.3, 0.4) is 0 Å². The Balaban J connectivity index is 1.35. The van der Waals surface area contributed by atoms with Gasteiger partial charge in [-0.15, -0.1) is 0 Å². The molecule has 0 amide bonds. The third-order valence-corrected chi connectivity index (χ3v) is 10.2. The summed E-state index contributed by atoms with van der Waals surface area (Å²) in [6.45, 7) is 2.73. The number of imidazole rings is 1. The molecule has 0 bridgehead atoms. The number of hydrogen-bond donors (Lipinski definition) is 1. The molecular formula is C30H36N8O3S. The minimum Gasteiger partial charge on any atom is -0.386 e. The number of rotatable bonds is 9. The average molecular weight is 589 g/mol. The maximum absolute atomic E-state index is 13.5. The summed E-state index contributed by atoms with van der Waals surface area (Å²) in [6.07, 6.45) is 11.0. The lowest BCUT2D eigenvalue weighted by atomic mass is 9.84. The zero-order valence-electron chi connectivity index (χ0n) is 23.6. The van der Waals surface area contributed by atoms with Crippen molar-refractivity contribution in [3.8, 4) is 6.07 Å². The molecule has 1 saturated heterocycles. The van der Waals surface area contributed by atoms with Crippen molar-refractivity contribution in [2.45, 2.75) is 68.9 Å². The summed E-state index contributed by atoms with van der Waals surface area (Å²) >= 11 is 0. The Bertz CT molecular complexity index is 1720. The van der Waals surface area contributed by atoms with E-state index in [4.69, 9.17) is 15.6 Å². The third-order valence-electron chi connectivity index (χ3n) is 8.47. The summed E-state index contributed by atoms with van der Waals surface area (Å²) in [5, 5.41) is 14.1. The van der Waals surface area contributed by atoms with Crippen molar-refractivity contribution >= 4 is 37.9 Å². The summed E-state index contributed by atoms with van der Waals surface area (Å²) < 4.78 is 30.4. The Kier molecular flexibility index (Phi) is 8.13. The standard InChI is InChI=1S/C30H36N8O3S/c31-15-13-22-9-11-23(12-10-22)38-28(21-41-35-27(32)20-36-16-5-2-6-17-36)34-26-19-33-30-25(29(26)38)14-18-37(30)42(39,40)24-7-3-1-4-8-24/h1,3-4,7-8,14,18-19,22-23H,2,5-6,9-13,16-17,20-21H2,(H2,32,35)/t22-,23-. The van der Waals surface area contributed by atoms with Gasteiger partial charge in [-0.25, -0.2) is 22.4 Å². The Morgan fingerprint density at radius 1 is 1.10 bits per heavy atom. The number of oxime groups is 1. The Labute approximate surface area is 245 Å². The topological polar surface area (TPSA) is 144 Å². The number of fused-ring (bicyclic) bond motifs is 3. The van der Waals surface area contributed by atoms with E-state index in [1.165, 1.54) is 23.2 Å². The van der Waals surface area contributed by atoms with E-state index in [1.807, 2.05) is 0 Å². The smallest absolute Gasteiger partial charge is 0.269 e. The highest BCUT2D eigenvalue weighted by Gasteiger charge is 2.28. The van der Waals surface area contributed by atoms with Crippen molar-refractivity contribution in [3.63, 3.8) is 0 Å². The van der Waals surface area contributed by atoms with E-state index >= 15 is 0 Å². The molecule has 6 rings (SSSR count). The summed E-state index contributed by atoms with van der Waals surface area (Å²) in [4.78, 5) is 17.7. The van der Waals surface area contributed by atoms with E-state index in [2.05, 4.69) is 25.7 Å². The van der Waals surface area contributed by atoms with Gasteiger partial charge in [-0.05, 0) is 75.7 Å². The highest BCUT2D eigenvalue weighted by Crippen LogP contribution is 2.38. The highest BCUT2D eigenvalue weighted by molar-refractivity contribution is 7.90. The fourth-order valence-corrected chi connectivity index (χ4v) is 7.70. The fraction of sp³-hybridized carbons (Fsp3) is 0.467. The summed E-state index contributed by atoms with van der Waals surface area (Å²) in [7, 11) is -3.84. The molecule has 2 N–H and O–H groups in total. The van der Waals surface area contributed by atoms with Crippen LogP contribution in [0.4, 0.5) is 0 Å². The number of pyridine rings is 1. The molecule has 0 atom stereocenters. The van der Waals surface area contributed by atoms with Gasteiger partial charge in [0.2, 0.25) is 0 Å². The Morgan fingerprint density at radius 3 is 2.60 bits per heavy atom. The molecule has 1 aromatic carbocycles. The van der Waals surface area contributed by atoms with Crippen LogP contribution in [0.2, 0.25) is 0 Å². The first-order valence-corrected chi connectivity index (χ1v) is 16.1. The number of nitrogens with zero attached hydrogens (tertiary/aromatic N) is 7. The second-order valence-electron chi connectivity index (χ2n) is 11.3. The molecule has 11 nitrogen and oxygen atoms in total. The first-order valence-electron chi connectivity index (χ1n) is 14.7. The zero-order chi connectivity index (χ0) is 29.1. The normalized spacial score (nSPS) is 20.6. The second kappa shape index (κ2) is 12.1. The molecule has 220 valence electrons. The molecule has 0 spiro atoms. The van der Waals surface area contributed by atoms with Crippen molar-refractivity contribution < 1.29 is 13.3 Å². The molecule has 4 aromatic rings. The second-order valence-corrected chi connectivity index (χ2v) is 13.1. The number of aromatic nitrogens is 4. The molecule has 4 heterocycles. The van der Waals surface area contributed by atoms with Gasteiger partial charge in [-0.3, -0.25) is 4.90 Å². The van der Waals surface area contributed by atoms with Crippen LogP contribution in [-0.4, -0.2) is 57.3 Å². The maximum atomic E-state index is 13.5. The minimum atomic E-state index is -3.84. The Hall–Kier alpha value is -3.95. The van der Waals surface area contributed by atoms with Gasteiger partial charge in [0.05, 0.1) is 29.2 Å². The van der Waals surface area contributed by atoms with Crippen molar-refractivity contribution in [2.24, 2.45) is 16.8 Å². The number of benzene rings is 1. The van der Waals surface area contributed by atoms with E-state index in [0.717, 1.165) is 44.3 Å². The quantitative estimate of drug-likeness (QED) is 0.170. The van der Waals surface area contributed by atoms with Crippen LogP contribution in [0.15, 0.2) is 58.8 Å². The molecule has 0 unspecified atom stereocenters. The molecule has 12 heteroatoms. The maximum Gasteiger partial charge on any atom is 0.269 e. The van der Waals surface area contributed by atoms with Crippen molar-refractivity contribution in [2.75, 3.05) is 19.6 Å². The SMILES string of the molecule is N#CC[C@H]1CC[C@H](n2c(CON=C(N)CN3CCCCC3)nc3cnc4c(ccn4S(=O)(=O)c4ccccc4)c32)CC1. The minimum absolute atomic E-state index is 0.123. The van der Waals surface area contributed by atoms with Crippen LogP contribution >= 0.6 is 0 Å². The lowest BCUT2D eigenvalue weighted by Crippen LogP contribution is -2.37. The van der Waals surface area contributed by atoms with E-state index < -0.39 is 10.0 Å². The van der Waals surface area contributed by atoms with Gasteiger partial charge >= 0.3 is 0 Å². The van der Waals surface area contributed by atoms with Crippen molar-refractivity contribution in [1.82, 2.24) is 23.4 Å². The van der Waals surface area contributed by atoms with Gasteiger partial charge in [0.1, 0.15) is 5.52 Å². The van der Waals surface area contributed by atoms with Gasteiger partial charge in [0, 0.05) is 24.0 Å². The molecule has 2 aliphatic rings. The summed E-state index contributed by atoms with van der Waals surface area (Å²) in [6, 6.07) is 12.6. The number of amidine groups is 1. The van der Waals surface area contributed by atoms with Gasteiger partial charge in [-0.1, -0.05) is 29.8 Å². The molecule has 3 aromatic heterocycles. The molecule has 2 fully saturated rings. The number of nitrogens with two attached hydrogens (primary N) is 1. The molecule has 42 heavy (non-hydrogen) atoms. The van der Waals surface area contributed by atoms with E-state index in [9.17, 15) is 13.7 Å². The highest BCUT2D eigenvalue weighted by atomic mass is 32.2. The first-order chi connectivity index (χ1) is 20.5. The van der Waals surface area contributed by atoms with Gasteiger partial charge in [-0.2, -0.15) is 5.26 Å². The van der Waals surface area contributed by atoms with Crippen LogP contribution in [0, 0.1) is 17.2 Å². The van der Waals surface area contributed by atoms with Gasteiger partial charge < -0.3 is 15.1 Å². The average Bonchev–Trinajstić information content (AvgIpc) is 3.61. The summed E-state index contributed by atoms with van der Waals surface area (Å²) in [5.41, 5.74) is 8.04. The van der Waals surface area contributed by atoms with Gasteiger partial charge in [0.25, 0.3) is 10.0 Å². The molecule has 1 saturated carbocycles. The number of nitriles is 1. The predicted molar refractivity (Wildman–Crippen MR) is 160 cm³/mol. The van der Waals surface area contributed by atoms with E-state index in [-0.39, 0.29) is 17.5 Å². The van der Waals surface area contributed by atoms with Crippen molar-refractivity contribution in [1.29, 1.82) is 5.26 Å². The largest absolute Gasteiger partial charge is 0.386 e. The van der Waals surface area contributed by atoms with E-state index in [0.29, 0.717) is 47.1 Å². The number of hydrogen-bond acceptors (Lipinski definition) is 8. The molecule has 1 aliphatic carbocycles.